The molecule has 0 aliphatic heterocycles. The zero-order valence-corrected chi connectivity index (χ0v) is 43.8. The molecule has 0 rings (SSSR count). The molecule has 0 saturated carbocycles. The van der Waals surface area contributed by atoms with Crippen molar-refractivity contribution in [1.82, 2.24) is 0 Å². The van der Waals surface area contributed by atoms with Crippen molar-refractivity contribution >= 4 is 13.8 Å². The van der Waals surface area contributed by atoms with Crippen molar-refractivity contribution in [2.24, 2.45) is 5.73 Å². The molecule has 0 aliphatic carbocycles. The molecule has 0 radical (unpaired) electrons. The van der Waals surface area contributed by atoms with Crippen molar-refractivity contribution in [2.45, 2.75) is 251 Å². The number of phosphoric acid groups is 1. The van der Waals surface area contributed by atoms with E-state index in [1.807, 2.05) is 0 Å². The number of allylic oxidation sites excluding steroid dienone is 12. The molecule has 0 spiro atoms. The maximum absolute atomic E-state index is 12.7. The summed E-state index contributed by atoms with van der Waals surface area (Å²) in [7, 11) is -4.29. The Labute approximate surface area is 407 Å². The highest BCUT2D eigenvalue weighted by molar-refractivity contribution is 7.47. The molecule has 9 heteroatoms. The van der Waals surface area contributed by atoms with Crippen LogP contribution in [0.2, 0.25) is 0 Å². The first-order valence-corrected chi connectivity index (χ1v) is 28.9. The normalized spacial score (nSPS) is 13.8. The Morgan fingerprint density at radius 1 is 0.455 bits per heavy atom. The Morgan fingerprint density at radius 2 is 0.803 bits per heavy atom. The molecule has 0 fully saturated rings. The number of carbonyl (C=O) groups excluding carboxylic acids is 1. The number of unbranched alkanes of at least 4 members (excludes halogenated alkanes) is 27. The lowest BCUT2D eigenvalue weighted by molar-refractivity contribution is -0.154. The van der Waals surface area contributed by atoms with Crippen LogP contribution in [0.25, 0.3) is 0 Å². The number of rotatable bonds is 52. The van der Waals surface area contributed by atoms with Crippen LogP contribution in [-0.2, 0) is 27.9 Å². The Hall–Kier alpha value is -2.06. The third-order valence-electron chi connectivity index (χ3n) is 11.6. The van der Waals surface area contributed by atoms with Gasteiger partial charge < -0.3 is 20.1 Å². The first-order chi connectivity index (χ1) is 32.4. The largest absolute Gasteiger partial charge is 0.472 e. The maximum Gasteiger partial charge on any atom is 0.472 e. The van der Waals surface area contributed by atoms with Gasteiger partial charge in [0.15, 0.2) is 0 Å². The van der Waals surface area contributed by atoms with E-state index in [1.54, 1.807) is 0 Å². The van der Waals surface area contributed by atoms with Crippen molar-refractivity contribution in [3.05, 3.63) is 72.9 Å². The maximum atomic E-state index is 12.7. The van der Waals surface area contributed by atoms with Crippen LogP contribution in [0.15, 0.2) is 72.9 Å². The zero-order chi connectivity index (χ0) is 48.0. The molecule has 0 heterocycles. The second-order valence-corrected chi connectivity index (χ2v) is 19.5. The van der Waals surface area contributed by atoms with Crippen LogP contribution >= 0.6 is 7.82 Å². The number of ether oxygens (including phenoxy) is 2. The van der Waals surface area contributed by atoms with Gasteiger partial charge in [-0.3, -0.25) is 13.8 Å². The van der Waals surface area contributed by atoms with Crippen LogP contribution in [-0.4, -0.2) is 49.9 Å². The standard InChI is InChI=1S/C57H104NO7P/c1-3-5-7-9-11-13-15-17-19-21-23-25-27-29-31-33-35-37-39-41-43-45-47-49-52-62-54-56(55-64-66(60,61)63-53-51-58)65-57(59)50-48-46-44-42-40-38-36-34-32-30-28-26-24-22-20-18-16-14-12-10-8-6-4-2/h15-18,21-24,27-30,56H,3-14,19-20,25-26,31-55,58H2,1-2H3,(H,60,61)/b17-15-,18-16-,23-21-,24-22-,29-27-,30-28-. The van der Waals surface area contributed by atoms with Gasteiger partial charge in [-0.05, 0) is 89.9 Å². The topological polar surface area (TPSA) is 117 Å². The minimum absolute atomic E-state index is 0.0950. The molecule has 0 aromatic rings. The number of esters is 1. The molecule has 384 valence electrons. The van der Waals surface area contributed by atoms with Gasteiger partial charge >= 0.3 is 13.8 Å². The van der Waals surface area contributed by atoms with Crippen molar-refractivity contribution in [1.29, 1.82) is 0 Å². The number of hydrogen-bond acceptors (Lipinski definition) is 7. The third-order valence-corrected chi connectivity index (χ3v) is 12.6. The molecule has 0 amide bonds. The van der Waals surface area contributed by atoms with Gasteiger partial charge in [0, 0.05) is 19.6 Å². The molecular weight excluding hydrogens is 842 g/mol. The third kappa shape index (κ3) is 52.9. The highest BCUT2D eigenvalue weighted by Gasteiger charge is 2.25. The van der Waals surface area contributed by atoms with Gasteiger partial charge in [0.25, 0.3) is 0 Å². The van der Waals surface area contributed by atoms with Gasteiger partial charge in [-0.25, -0.2) is 4.57 Å². The van der Waals surface area contributed by atoms with E-state index in [9.17, 15) is 14.3 Å². The van der Waals surface area contributed by atoms with Gasteiger partial charge in [0.1, 0.15) is 6.10 Å². The lowest BCUT2D eigenvalue weighted by atomic mass is 10.1. The summed E-state index contributed by atoms with van der Waals surface area (Å²) in [6.07, 6.45) is 69.4. The molecule has 2 unspecified atom stereocenters. The number of carbonyl (C=O) groups is 1. The fourth-order valence-corrected chi connectivity index (χ4v) is 8.31. The van der Waals surface area contributed by atoms with E-state index >= 15 is 0 Å². The van der Waals surface area contributed by atoms with Crippen molar-refractivity contribution in [3.8, 4) is 0 Å². The summed E-state index contributed by atoms with van der Waals surface area (Å²) >= 11 is 0. The molecule has 0 aliphatic rings. The average molecular weight is 946 g/mol. The first kappa shape index (κ1) is 63.9. The Kier molecular flexibility index (Phi) is 52.2. The molecule has 3 N–H and O–H groups in total. The molecule has 2 atom stereocenters. The van der Waals surface area contributed by atoms with E-state index in [0.29, 0.717) is 13.0 Å². The average Bonchev–Trinajstić information content (AvgIpc) is 3.31. The van der Waals surface area contributed by atoms with E-state index in [2.05, 4.69) is 86.8 Å². The number of hydrogen-bond donors (Lipinski definition) is 2. The number of nitrogens with two attached hydrogens (primary N) is 1. The van der Waals surface area contributed by atoms with E-state index in [4.69, 9.17) is 24.3 Å². The van der Waals surface area contributed by atoms with Crippen LogP contribution in [0.5, 0.6) is 0 Å². The summed E-state index contributed by atoms with van der Waals surface area (Å²) in [6, 6.07) is 0. The minimum Gasteiger partial charge on any atom is -0.457 e. The summed E-state index contributed by atoms with van der Waals surface area (Å²) in [5, 5.41) is 0. The Balaban J connectivity index is 3.97. The van der Waals surface area contributed by atoms with Gasteiger partial charge in [-0.2, -0.15) is 0 Å². The molecule has 0 bridgehead atoms. The van der Waals surface area contributed by atoms with Crippen LogP contribution in [0.3, 0.4) is 0 Å². The monoisotopic (exact) mass is 946 g/mol. The Bertz CT molecular complexity index is 1250. The van der Waals surface area contributed by atoms with Crippen molar-refractivity contribution in [3.63, 3.8) is 0 Å². The SMILES string of the molecule is CCCCCCC/C=C\C/C=C\C/C=C\CCCCCCCCCCCOCC(COP(=O)(O)OCCN)OC(=O)CCCCCCCCCC/C=C\C/C=C\C/C=C\CCCCCCC. The van der Waals surface area contributed by atoms with Crippen molar-refractivity contribution in [2.75, 3.05) is 33.0 Å². The molecule has 0 aromatic carbocycles. The number of phosphoric ester groups is 1. The smallest absolute Gasteiger partial charge is 0.457 e. The van der Waals surface area contributed by atoms with Gasteiger partial charge in [0.05, 0.1) is 19.8 Å². The summed E-state index contributed by atoms with van der Waals surface area (Å²) in [6.45, 7) is 4.89. The summed E-state index contributed by atoms with van der Waals surface area (Å²) in [4.78, 5) is 22.6. The summed E-state index contributed by atoms with van der Waals surface area (Å²) < 4.78 is 33.6. The fourth-order valence-electron chi connectivity index (χ4n) is 7.54. The zero-order valence-electron chi connectivity index (χ0n) is 42.9. The highest BCUT2D eigenvalue weighted by Crippen LogP contribution is 2.43. The quantitative estimate of drug-likeness (QED) is 0.0268. The molecule has 8 nitrogen and oxygen atoms in total. The van der Waals surface area contributed by atoms with E-state index in [0.717, 1.165) is 64.2 Å². The Morgan fingerprint density at radius 3 is 1.20 bits per heavy atom. The molecule has 0 aromatic heterocycles. The van der Waals surface area contributed by atoms with Crippen LogP contribution in [0.1, 0.15) is 245 Å². The van der Waals surface area contributed by atoms with Crippen LogP contribution in [0, 0.1) is 0 Å². The van der Waals surface area contributed by atoms with Gasteiger partial charge in [-0.1, -0.05) is 222 Å². The van der Waals surface area contributed by atoms with Gasteiger partial charge in [0.2, 0.25) is 0 Å². The van der Waals surface area contributed by atoms with E-state index in [1.165, 1.54) is 161 Å². The predicted octanol–water partition coefficient (Wildman–Crippen LogP) is 17.4. The second-order valence-electron chi connectivity index (χ2n) is 18.1. The van der Waals surface area contributed by atoms with Crippen LogP contribution in [0.4, 0.5) is 0 Å². The van der Waals surface area contributed by atoms with Crippen molar-refractivity contribution < 1.29 is 32.8 Å². The van der Waals surface area contributed by atoms with E-state index < -0.39 is 13.9 Å². The molecule has 0 saturated heterocycles. The predicted molar refractivity (Wildman–Crippen MR) is 284 cm³/mol. The lowest BCUT2D eigenvalue weighted by Crippen LogP contribution is -2.28. The highest BCUT2D eigenvalue weighted by atomic mass is 31.2. The lowest BCUT2D eigenvalue weighted by Gasteiger charge is -2.20. The first-order valence-electron chi connectivity index (χ1n) is 27.4. The summed E-state index contributed by atoms with van der Waals surface area (Å²) in [5.41, 5.74) is 5.40. The fraction of sp³-hybridized carbons (Fsp3) is 0.772. The second kappa shape index (κ2) is 53.9. The van der Waals surface area contributed by atoms with E-state index in [-0.39, 0.29) is 32.3 Å². The molecular formula is C57H104NO7P. The summed E-state index contributed by atoms with van der Waals surface area (Å²) in [5.74, 6) is -0.339. The van der Waals surface area contributed by atoms with Gasteiger partial charge in [-0.15, -0.1) is 0 Å². The molecule has 66 heavy (non-hydrogen) atoms. The van der Waals surface area contributed by atoms with Crippen LogP contribution < -0.4 is 5.73 Å². The minimum atomic E-state index is -4.29.